The maximum atomic E-state index is 12.9. The molecule has 0 bridgehead atoms. The quantitative estimate of drug-likeness (QED) is 0.802. The van der Waals surface area contributed by atoms with E-state index >= 15 is 0 Å². The van der Waals surface area contributed by atoms with Gasteiger partial charge in [-0.1, -0.05) is 48.9 Å². The summed E-state index contributed by atoms with van der Waals surface area (Å²) in [7, 11) is 0. The molecule has 4 heteroatoms. The number of rotatable bonds is 3. The molecule has 2 aliphatic rings. The van der Waals surface area contributed by atoms with Gasteiger partial charge in [-0.3, -0.25) is 4.79 Å². The number of hydrogen-bond donors (Lipinski definition) is 0. The fraction of sp³-hybridized carbons (Fsp3) is 0.474. The van der Waals surface area contributed by atoms with Crippen LogP contribution in [-0.2, 0) is 16.0 Å². The minimum atomic E-state index is -0.491. The van der Waals surface area contributed by atoms with Gasteiger partial charge in [0.2, 0.25) is 5.91 Å². The largest absolute Gasteiger partial charge is 0.447 e. The van der Waals surface area contributed by atoms with E-state index < -0.39 is 6.09 Å². The number of nitrogens with zero attached hydrogens (tertiary/aromatic N) is 1. The van der Waals surface area contributed by atoms with Crippen LogP contribution in [0.3, 0.4) is 0 Å². The van der Waals surface area contributed by atoms with E-state index in [1.807, 2.05) is 30.3 Å². The number of hydrogen-bond acceptors (Lipinski definition) is 3. The van der Waals surface area contributed by atoms with Gasteiger partial charge in [0.05, 0.1) is 6.04 Å². The lowest BCUT2D eigenvalue weighted by Crippen LogP contribution is -2.45. The molecule has 1 aliphatic heterocycles. The SMILES string of the molecule is CC1=CC[C@@H](C(=O)N2C(=O)OC[C@H]2Cc2ccccc2)[C@@H](C)C1. The molecule has 1 aromatic rings. The average Bonchev–Trinajstić information content (AvgIpc) is 2.88. The number of carbonyl (C=O) groups excluding carboxylic acids is 2. The Balaban J connectivity index is 1.76. The first-order valence-electron chi connectivity index (χ1n) is 8.25. The highest BCUT2D eigenvalue weighted by atomic mass is 16.6. The number of ether oxygens (including phenoxy) is 1. The molecule has 0 saturated carbocycles. The lowest BCUT2D eigenvalue weighted by atomic mass is 9.80. The predicted octanol–water partition coefficient (Wildman–Crippen LogP) is 3.57. The van der Waals surface area contributed by atoms with Crippen LogP contribution in [0.2, 0.25) is 0 Å². The summed E-state index contributed by atoms with van der Waals surface area (Å²) in [6.45, 7) is 4.47. The standard InChI is InChI=1S/C19H23NO3/c1-13-8-9-17(14(2)10-13)18(21)20-16(12-23-19(20)22)11-15-6-4-3-5-7-15/h3-8,14,16-17H,9-12H2,1-2H3/t14-,16+,17+/m0/s1. The van der Waals surface area contributed by atoms with E-state index in [1.165, 1.54) is 10.5 Å². The third kappa shape index (κ3) is 3.31. The smallest absolute Gasteiger partial charge is 0.416 e. The summed E-state index contributed by atoms with van der Waals surface area (Å²) in [5.41, 5.74) is 2.44. The zero-order chi connectivity index (χ0) is 16.4. The summed E-state index contributed by atoms with van der Waals surface area (Å²) in [4.78, 5) is 26.4. The van der Waals surface area contributed by atoms with Gasteiger partial charge >= 0.3 is 6.09 Å². The molecule has 1 fully saturated rings. The minimum Gasteiger partial charge on any atom is -0.447 e. The highest BCUT2D eigenvalue weighted by Crippen LogP contribution is 2.32. The van der Waals surface area contributed by atoms with Crippen LogP contribution >= 0.6 is 0 Å². The molecular formula is C19H23NO3. The van der Waals surface area contributed by atoms with Gasteiger partial charge in [0.1, 0.15) is 6.61 Å². The van der Waals surface area contributed by atoms with E-state index in [-0.39, 0.29) is 30.4 Å². The number of amides is 2. The molecule has 1 aliphatic carbocycles. The second kappa shape index (κ2) is 6.57. The van der Waals surface area contributed by atoms with Crippen molar-refractivity contribution < 1.29 is 14.3 Å². The van der Waals surface area contributed by atoms with Gasteiger partial charge < -0.3 is 4.74 Å². The molecule has 4 nitrogen and oxygen atoms in total. The van der Waals surface area contributed by atoms with Gasteiger partial charge in [-0.25, -0.2) is 9.69 Å². The van der Waals surface area contributed by atoms with Crippen molar-refractivity contribution in [2.45, 2.75) is 39.2 Å². The summed E-state index contributed by atoms with van der Waals surface area (Å²) < 4.78 is 5.17. The van der Waals surface area contributed by atoms with Crippen molar-refractivity contribution in [2.24, 2.45) is 11.8 Å². The summed E-state index contributed by atoms with van der Waals surface area (Å²) in [5.74, 6) is 0.0607. The molecule has 3 atom stereocenters. The van der Waals surface area contributed by atoms with E-state index in [0.29, 0.717) is 12.8 Å². The fourth-order valence-corrected chi connectivity index (χ4v) is 3.58. The second-order valence-electron chi connectivity index (χ2n) is 6.70. The second-order valence-corrected chi connectivity index (χ2v) is 6.70. The Morgan fingerprint density at radius 3 is 2.74 bits per heavy atom. The molecule has 1 saturated heterocycles. The van der Waals surface area contributed by atoms with Crippen LogP contribution in [0.15, 0.2) is 42.0 Å². The zero-order valence-corrected chi connectivity index (χ0v) is 13.7. The Kier molecular flexibility index (Phi) is 4.51. The number of allylic oxidation sites excluding steroid dienone is 2. The van der Waals surface area contributed by atoms with Crippen molar-refractivity contribution in [1.82, 2.24) is 4.90 Å². The highest BCUT2D eigenvalue weighted by Gasteiger charge is 2.42. The van der Waals surface area contributed by atoms with Crippen molar-refractivity contribution in [3.63, 3.8) is 0 Å². The van der Waals surface area contributed by atoms with E-state index in [4.69, 9.17) is 4.74 Å². The average molecular weight is 313 g/mol. The van der Waals surface area contributed by atoms with Gasteiger partial charge in [-0.2, -0.15) is 0 Å². The first kappa shape index (κ1) is 15.8. The summed E-state index contributed by atoms with van der Waals surface area (Å²) in [5, 5.41) is 0. The zero-order valence-electron chi connectivity index (χ0n) is 13.7. The molecule has 1 aromatic carbocycles. The van der Waals surface area contributed by atoms with Crippen molar-refractivity contribution in [2.75, 3.05) is 6.61 Å². The fourth-order valence-electron chi connectivity index (χ4n) is 3.58. The summed E-state index contributed by atoms with van der Waals surface area (Å²) >= 11 is 0. The van der Waals surface area contributed by atoms with Gasteiger partial charge in [0, 0.05) is 5.92 Å². The monoisotopic (exact) mass is 313 g/mol. The van der Waals surface area contributed by atoms with Crippen LogP contribution in [0.25, 0.3) is 0 Å². The maximum absolute atomic E-state index is 12.9. The molecule has 23 heavy (non-hydrogen) atoms. The van der Waals surface area contributed by atoms with Crippen molar-refractivity contribution in [1.29, 1.82) is 0 Å². The van der Waals surface area contributed by atoms with Crippen LogP contribution in [-0.4, -0.2) is 29.5 Å². The lowest BCUT2D eigenvalue weighted by molar-refractivity contribution is -0.135. The van der Waals surface area contributed by atoms with Crippen LogP contribution in [0.1, 0.15) is 32.3 Å². The van der Waals surface area contributed by atoms with Gasteiger partial charge in [-0.05, 0) is 37.7 Å². The third-order valence-corrected chi connectivity index (χ3v) is 4.88. The van der Waals surface area contributed by atoms with E-state index in [2.05, 4.69) is 19.9 Å². The van der Waals surface area contributed by atoms with E-state index in [0.717, 1.165) is 12.0 Å². The Hall–Kier alpha value is -2.10. The van der Waals surface area contributed by atoms with E-state index in [1.54, 1.807) is 0 Å². The molecule has 2 amide bonds. The van der Waals surface area contributed by atoms with Gasteiger partial charge in [-0.15, -0.1) is 0 Å². The Morgan fingerprint density at radius 1 is 1.30 bits per heavy atom. The maximum Gasteiger partial charge on any atom is 0.416 e. The minimum absolute atomic E-state index is 0.0790. The van der Waals surface area contributed by atoms with Crippen molar-refractivity contribution >= 4 is 12.0 Å². The normalized spacial score (nSPS) is 27.6. The summed E-state index contributed by atoms with van der Waals surface area (Å²) in [6, 6.07) is 9.73. The highest BCUT2D eigenvalue weighted by molar-refractivity contribution is 5.95. The molecule has 122 valence electrons. The van der Waals surface area contributed by atoms with Gasteiger partial charge in [0.25, 0.3) is 0 Å². The third-order valence-electron chi connectivity index (χ3n) is 4.88. The number of benzene rings is 1. The molecule has 0 spiro atoms. The summed E-state index contributed by atoms with van der Waals surface area (Å²) in [6.07, 6.45) is 3.91. The van der Waals surface area contributed by atoms with Crippen LogP contribution in [0.5, 0.6) is 0 Å². The van der Waals surface area contributed by atoms with Crippen LogP contribution in [0.4, 0.5) is 4.79 Å². The first-order valence-corrected chi connectivity index (χ1v) is 8.25. The molecular weight excluding hydrogens is 290 g/mol. The number of imide groups is 1. The Labute approximate surface area is 137 Å². The molecule has 0 aromatic heterocycles. The van der Waals surface area contributed by atoms with Crippen LogP contribution < -0.4 is 0 Å². The Bertz CT molecular complexity index is 623. The Morgan fingerprint density at radius 2 is 2.04 bits per heavy atom. The molecule has 0 unspecified atom stereocenters. The molecule has 0 N–H and O–H groups in total. The number of cyclic esters (lactones) is 1. The van der Waals surface area contributed by atoms with Gasteiger partial charge in [0.15, 0.2) is 0 Å². The number of carbonyl (C=O) groups is 2. The predicted molar refractivity (Wildman–Crippen MR) is 87.8 cm³/mol. The topological polar surface area (TPSA) is 46.6 Å². The molecule has 0 radical (unpaired) electrons. The first-order chi connectivity index (χ1) is 11.1. The lowest BCUT2D eigenvalue weighted by Gasteiger charge is -2.30. The van der Waals surface area contributed by atoms with Crippen molar-refractivity contribution in [3.8, 4) is 0 Å². The van der Waals surface area contributed by atoms with Crippen LogP contribution in [0, 0.1) is 11.8 Å². The molecule has 1 heterocycles. The molecule has 3 rings (SSSR count). The van der Waals surface area contributed by atoms with E-state index in [9.17, 15) is 9.59 Å². The van der Waals surface area contributed by atoms with Crippen molar-refractivity contribution in [3.05, 3.63) is 47.5 Å².